The Balaban J connectivity index is 2.39. The Labute approximate surface area is 66.3 Å². The van der Waals surface area contributed by atoms with Gasteiger partial charge in [-0.3, -0.25) is 9.63 Å². The molecule has 0 aromatic heterocycles. The van der Waals surface area contributed by atoms with Gasteiger partial charge >= 0.3 is 0 Å². The van der Waals surface area contributed by atoms with Crippen molar-refractivity contribution in [2.24, 2.45) is 5.73 Å². The summed E-state index contributed by atoms with van der Waals surface area (Å²) in [6, 6.07) is 0.120. The van der Waals surface area contributed by atoms with Gasteiger partial charge in [-0.05, 0) is 19.9 Å². The quantitative estimate of drug-likeness (QED) is 0.623. The van der Waals surface area contributed by atoms with E-state index >= 15 is 0 Å². The number of hydrogen-bond donors (Lipinski definition) is 1. The van der Waals surface area contributed by atoms with Gasteiger partial charge < -0.3 is 5.73 Å². The molecule has 4 nitrogen and oxygen atoms in total. The van der Waals surface area contributed by atoms with Gasteiger partial charge in [-0.1, -0.05) is 0 Å². The van der Waals surface area contributed by atoms with Crippen molar-refractivity contribution in [3.8, 4) is 0 Å². The van der Waals surface area contributed by atoms with Crippen LogP contribution in [0.4, 0.5) is 0 Å². The lowest BCUT2D eigenvalue weighted by Crippen LogP contribution is -2.34. The Morgan fingerprint density at radius 1 is 1.82 bits per heavy atom. The normalized spacial score (nSPS) is 20.9. The number of hydroxylamine groups is 2. The van der Waals surface area contributed by atoms with Crippen LogP contribution in [-0.2, 0) is 9.63 Å². The van der Waals surface area contributed by atoms with Crippen LogP contribution in [0.5, 0.6) is 0 Å². The zero-order valence-corrected chi connectivity index (χ0v) is 6.75. The zero-order chi connectivity index (χ0) is 8.27. The Kier molecular flexibility index (Phi) is 2.84. The molecule has 1 fully saturated rings. The number of carbonyl (C=O) groups excluding carboxylic acids is 1. The van der Waals surface area contributed by atoms with Crippen LogP contribution in [0.25, 0.3) is 0 Å². The van der Waals surface area contributed by atoms with Crippen LogP contribution < -0.4 is 5.73 Å². The van der Waals surface area contributed by atoms with E-state index in [1.165, 1.54) is 5.06 Å². The lowest BCUT2D eigenvalue weighted by molar-refractivity contribution is -0.172. The number of nitrogens with zero attached hydrogens (tertiary/aromatic N) is 1. The number of hydrogen-bond acceptors (Lipinski definition) is 3. The van der Waals surface area contributed by atoms with E-state index in [0.29, 0.717) is 19.6 Å². The van der Waals surface area contributed by atoms with Gasteiger partial charge in [0, 0.05) is 0 Å². The lowest BCUT2D eigenvalue weighted by atomic mass is 10.2. The van der Waals surface area contributed by atoms with Crippen molar-refractivity contribution in [1.82, 2.24) is 5.06 Å². The third-order valence-electron chi connectivity index (χ3n) is 1.78. The van der Waals surface area contributed by atoms with Crippen molar-refractivity contribution in [2.75, 3.05) is 13.2 Å². The summed E-state index contributed by atoms with van der Waals surface area (Å²) in [4.78, 5) is 16.2. The molecule has 1 saturated heterocycles. The van der Waals surface area contributed by atoms with E-state index in [4.69, 9.17) is 10.6 Å². The van der Waals surface area contributed by atoms with E-state index < -0.39 is 0 Å². The second-order valence-electron chi connectivity index (χ2n) is 2.73. The average molecular weight is 158 g/mol. The van der Waals surface area contributed by atoms with E-state index in [-0.39, 0.29) is 11.9 Å². The summed E-state index contributed by atoms with van der Waals surface area (Å²) in [5, 5.41) is 1.44. The molecule has 1 amide bonds. The molecule has 1 unspecified atom stereocenters. The van der Waals surface area contributed by atoms with Crippen molar-refractivity contribution in [3.05, 3.63) is 0 Å². The SMILES string of the molecule is CC(CCN)N1OCCC1=O. The Morgan fingerprint density at radius 3 is 3.00 bits per heavy atom. The molecule has 0 aromatic rings. The van der Waals surface area contributed by atoms with Crippen molar-refractivity contribution < 1.29 is 9.63 Å². The van der Waals surface area contributed by atoms with Crippen molar-refractivity contribution in [1.29, 1.82) is 0 Å². The smallest absolute Gasteiger partial charge is 0.248 e. The second kappa shape index (κ2) is 3.69. The monoisotopic (exact) mass is 158 g/mol. The molecule has 1 heterocycles. The largest absolute Gasteiger partial charge is 0.330 e. The zero-order valence-electron chi connectivity index (χ0n) is 6.75. The maximum absolute atomic E-state index is 11.1. The molecule has 1 rings (SSSR count). The van der Waals surface area contributed by atoms with E-state index in [9.17, 15) is 4.79 Å². The van der Waals surface area contributed by atoms with Gasteiger partial charge in [0.1, 0.15) is 0 Å². The third kappa shape index (κ3) is 1.91. The maximum Gasteiger partial charge on any atom is 0.248 e. The minimum absolute atomic E-state index is 0.0750. The lowest BCUT2D eigenvalue weighted by Gasteiger charge is -2.21. The summed E-state index contributed by atoms with van der Waals surface area (Å²) in [6.07, 6.45) is 1.31. The summed E-state index contributed by atoms with van der Waals surface area (Å²) in [6.45, 7) is 3.05. The highest BCUT2D eigenvalue weighted by Gasteiger charge is 2.25. The Morgan fingerprint density at radius 2 is 2.55 bits per heavy atom. The standard InChI is InChI=1S/C7H14N2O2/c1-6(2-4-8)9-7(10)3-5-11-9/h6H,2-5,8H2,1H3. The summed E-state index contributed by atoms with van der Waals surface area (Å²) < 4.78 is 0. The molecule has 1 atom stereocenters. The van der Waals surface area contributed by atoms with Gasteiger partial charge in [0.05, 0.1) is 19.1 Å². The summed E-state index contributed by atoms with van der Waals surface area (Å²) in [7, 11) is 0. The summed E-state index contributed by atoms with van der Waals surface area (Å²) >= 11 is 0. The molecule has 0 radical (unpaired) electrons. The molecule has 4 heteroatoms. The first-order chi connectivity index (χ1) is 5.25. The molecule has 64 valence electrons. The molecular formula is C7H14N2O2. The highest BCUT2D eigenvalue weighted by Crippen LogP contribution is 2.12. The van der Waals surface area contributed by atoms with Crippen LogP contribution in [0.3, 0.4) is 0 Å². The predicted molar refractivity (Wildman–Crippen MR) is 40.5 cm³/mol. The van der Waals surface area contributed by atoms with Gasteiger partial charge in [0.15, 0.2) is 0 Å². The molecular weight excluding hydrogens is 144 g/mol. The first-order valence-corrected chi connectivity index (χ1v) is 3.90. The van der Waals surface area contributed by atoms with Crippen LogP contribution in [-0.4, -0.2) is 30.2 Å². The molecule has 1 aliphatic rings. The van der Waals surface area contributed by atoms with E-state index in [1.807, 2.05) is 6.92 Å². The average Bonchev–Trinajstić information content (AvgIpc) is 2.36. The molecule has 0 aromatic carbocycles. The molecule has 0 bridgehead atoms. The Bertz CT molecular complexity index is 149. The number of carbonyl (C=O) groups is 1. The second-order valence-corrected chi connectivity index (χ2v) is 2.73. The molecule has 0 spiro atoms. The van der Waals surface area contributed by atoms with Gasteiger partial charge in [0.25, 0.3) is 0 Å². The summed E-state index contributed by atoms with van der Waals surface area (Å²) in [5.74, 6) is 0.0750. The first kappa shape index (κ1) is 8.49. The van der Waals surface area contributed by atoms with Crippen LogP contribution in [0.2, 0.25) is 0 Å². The van der Waals surface area contributed by atoms with Crippen LogP contribution in [0, 0.1) is 0 Å². The molecule has 11 heavy (non-hydrogen) atoms. The topological polar surface area (TPSA) is 55.6 Å². The maximum atomic E-state index is 11.1. The van der Waals surface area contributed by atoms with Gasteiger partial charge in [-0.15, -0.1) is 0 Å². The minimum Gasteiger partial charge on any atom is -0.330 e. The molecule has 0 saturated carbocycles. The fourth-order valence-corrected chi connectivity index (χ4v) is 1.14. The van der Waals surface area contributed by atoms with E-state index in [2.05, 4.69) is 0 Å². The van der Waals surface area contributed by atoms with Crippen LogP contribution in [0.15, 0.2) is 0 Å². The first-order valence-electron chi connectivity index (χ1n) is 3.90. The minimum atomic E-state index is 0.0750. The van der Waals surface area contributed by atoms with Gasteiger partial charge in [-0.25, -0.2) is 5.06 Å². The Hall–Kier alpha value is -0.610. The highest BCUT2D eigenvalue weighted by molar-refractivity contribution is 5.76. The predicted octanol–water partition coefficient (Wildman–Crippen LogP) is -0.112. The van der Waals surface area contributed by atoms with E-state index in [1.54, 1.807) is 0 Å². The van der Waals surface area contributed by atoms with Crippen molar-refractivity contribution >= 4 is 5.91 Å². The van der Waals surface area contributed by atoms with Crippen LogP contribution >= 0.6 is 0 Å². The molecule has 0 aliphatic carbocycles. The van der Waals surface area contributed by atoms with Gasteiger partial charge in [0.2, 0.25) is 5.91 Å². The number of nitrogens with two attached hydrogens (primary N) is 1. The van der Waals surface area contributed by atoms with Crippen LogP contribution in [0.1, 0.15) is 19.8 Å². The summed E-state index contributed by atoms with van der Waals surface area (Å²) in [5.41, 5.74) is 5.35. The molecule has 2 N–H and O–H groups in total. The molecule has 1 aliphatic heterocycles. The highest BCUT2D eigenvalue weighted by atomic mass is 16.7. The fourth-order valence-electron chi connectivity index (χ4n) is 1.14. The third-order valence-corrected chi connectivity index (χ3v) is 1.78. The van der Waals surface area contributed by atoms with E-state index in [0.717, 1.165) is 6.42 Å². The van der Waals surface area contributed by atoms with Crippen molar-refractivity contribution in [3.63, 3.8) is 0 Å². The van der Waals surface area contributed by atoms with Gasteiger partial charge in [-0.2, -0.15) is 0 Å². The fraction of sp³-hybridized carbons (Fsp3) is 0.857. The number of amides is 1. The van der Waals surface area contributed by atoms with Crippen molar-refractivity contribution in [2.45, 2.75) is 25.8 Å². The number of rotatable bonds is 3.